The van der Waals surface area contributed by atoms with Crippen LogP contribution in [0.4, 0.5) is 0 Å². The van der Waals surface area contributed by atoms with Gasteiger partial charge in [-0.2, -0.15) is 8.75 Å². The first-order valence-electron chi connectivity index (χ1n) is 5.02. The van der Waals surface area contributed by atoms with Crippen LogP contribution in [0.2, 0.25) is 10.0 Å². The summed E-state index contributed by atoms with van der Waals surface area (Å²) in [4.78, 5) is 11.2. The Morgan fingerprint density at radius 2 is 2.06 bits per heavy atom. The van der Waals surface area contributed by atoms with Gasteiger partial charge in [-0.25, -0.2) is 4.79 Å². The summed E-state index contributed by atoms with van der Waals surface area (Å²) in [7, 11) is 0. The maximum absolute atomic E-state index is 11.2. The van der Waals surface area contributed by atoms with Gasteiger partial charge in [-0.05, 0) is 13.0 Å². The minimum atomic E-state index is -0.472. The zero-order chi connectivity index (χ0) is 13.1. The second-order valence-electron chi connectivity index (χ2n) is 3.22. The maximum Gasteiger partial charge on any atom is 0.344 e. The average molecular weight is 307 g/mol. The number of benzene rings is 1. The molecule has 0 aliphatic heterocycles. The Hall–Kier alpha value is -1.11. The lowest BCUT2D eigenvalue weighted by Crippen LogP contribution is -2.14. The molecule has 0 unspecified atom stereocenters. The van der Waals surface area contributed by atoms with Gasteiger partial charge in [-0.1, -0.05) is 23.2 Å². The summed E-state index contributed by atoms with van der Waals surface area (Å²) in [6, 6.07) is 1.51. The molecule has 0 saturated carbocycles. The Balaban J connectivity index is 2.27. The number of nitrogens with zero attached hydrogens (tertiary/aromatic N) is 2. The molecule has 5 nitrogen and oxygen atoms in total. The molecule has 1 aromatic carbocycles. The summed E-state index contributed by atoms with van der Waals surface area (Å²) in [5.41, 5.74) is 0.951. The van der Waals surface area contributed by atoms with Crippen LogP contribution in [0.5, 0.6) is 5.75 Å². The first-order chi connectivity index (χ1) is 8.63. The van der Waals surface area contributed by atoms with E-state index in [2.05, 4.69) is 8.75 Å². The molecular weight excluding hydrogens is 299 g/mol. The highest BCUT2D eigenvalue weighted by Gasteiger charge is 2.16. The first-order valence-corrected chi connectivity index (χ1v) is 6.50. The van der Waals surface area contributed by atoms with E-state index in [9.17, 15) is 4.79 Å². The number of hydrogen-bond donors (Lipinski definition) is 0. The molecule has 0 N–H and O–H groups in total. The van der Waals surface area contributed by atoms with Gasteiger partial charge in [0.1, 0.15) is 11.0 Å². The number of rotatable bonds is 4. The van der Waals surface area contributed by atoms with Gasteiger partial charge in [0.15, 0.2) is 12.4 Å². The van der Waals surface area contributed by atoms with Crippen LogP contribution in [0.25, 0.3) is 11.0 Å². The van der Waals surface area contributed by atoms with Crippen LogP contribution >= 0.6 is 34.9 Å². The van der Waals surface area contributed by atoms with Gasteiger partial charge in [0, 0.05) is 0 Å². The van der Waals surface area contributed by atoms with Gasteiger partial charge in [-0.15, -0.1) is 0 Å². The summed E-state index contributed by atoms with van der Waals surface area (Å²) in [5.74, 6) is -0.183. The maximum atomic E-state index is 11.2. The second-order valence-corrected chi connectivity index (χ2v) is 4.57. The van der Waals surface area contributed by atoms with Gasteiger partial charge >= 0.3 is 5.97 Å². The van der Waals surface area contributed by atoms with E-state index in [0.717, 1.165) is 11.7 Å². The molecule has 0 radical (unpaired) electrons. The number of halogens is 2. The third-order valence-corrected chi connectivity index (χ3v) is 3.14. The Morgan fingerprint density at radius 3 is 2.78 bits per heavy atom. The lowest BCUT2D eigenvalue weighted by atomic mass is 10.3. The van der Waals surface area contributed by atoms with E-state index in [4.69, 9.17) is 32.7 Å². The molecule has 0 bridgehead atoms. The highest BCUT2D eigenvalue weighted by Crippen LogP contribution is 2.36. The summed E-state index contributed by atoms with van der Waals surface area (Å²) in [5, 5.41) is 0.678. The molecule has 1 heterocycles. The highest BCUT2D eigenvalue weighted by molar-refractivity contribution is 7.00. The van der Waals surface area contributed by atoms with Gasteiger partial charge in [0.05, 0.1) is 28.4 Å². The van der Waals surface area contributed by atoms with Crippen molar-refractivity contribution in [1.82, 2.24) is 8.75 Å². The number of ether oxygens (including phenoxy) is 2. The number of aromatic nitrogens is 2. The van der Waals surface area contributed by atoms with E-state index >= 15 is 0 Å². The summed E-state index contributed by atoms with van der Waals surface area (Å²) in [6.45, 7) is 1.78. The Morgan fingerprint density at radius 1 is 1.33 bits per heavy atom. The standard InChI is InChI=1S/C10H8Cl2N2O3S/c1-2-16-7(15)4-17-10-6(12)3-5(11)8-9(10)14-18-13-8/h3H,2,4H2,1H3. The molecule has 0 fully saturated rings. The Bertz CT molecular complexity index is 588. The second kappa shape index (κ2) is 5.69. The van der Waals surface area contributed by atoms with Crippen molar-refractivity contribution in [3.05, 3.63) is 16.1 Å². The van der Waals surface area contributed by atoms with Crippen molar-refractivity contribution in [2.24, 2.45) is 0 Å². The first kappa shape index (κ1) is 13.3. The molecule has 0 amide bonds. The summed E-state index contributed by atoms with van der Waals surface area (Å²) in [6.07, 6.45) is 0. The average Bonchev–Trinajstić information content (AvgIpc) is 2.78. The van der Waals surface area contributed by atoms with Gasteiger partial charge in [0.25, 0.3) is 0 Å². The van der Waals surface area contributed by atoms with E-state index in [1.54, 1.807) is 6.92 Å². The van der Waals surface area contributed by atoms with Crippen LogP contribution in [0.15, 0.2) is 6.07 Å². The molecular formula is C10H8Cl2N2O3S. The molecule has 0 aliphatic carbocycles. The number of carbonyl (C=O) groups excluding carboxylic acids is 1. The zero-order valence-electron chi connectivity index (χ0n) is 9.27. The minimum absolute atomic E-state index is 0.234. The monoisotopic (exact) mass is 306 g/mol. The van der Waals surface area contributed by atoms with Crippen molar-refractivity contribution in [3.8, 4) is 5.75 Å². The highest BCUT2D eigenvalue weighted by atomic mass is 35.5. The molecule has 0 spiro atoms. The van der Waals surface area contributed by atoms with Gasteiger partial charge in [-0.3, -0.25) is 0 Å². The predicted molar refractivity (Wildman–Crippen MR) is 69.6 cm³/mol. The molecule has 96 valence electrons. The van der Waals surface area contributed by atoms with Crippen LogP contribution in [0, 0.1) is 0 Å². The molecule has 0 atom stereocenters. The summed E-state index contributed by atoms with van der Waals surface area (Å²) >= 11 is 13.0. The van der Waals surface area contributed by atoms with Crippen molar-refractivity contribution in [2.75, 3.05) is 13.2 Å². The van der Waals surface area contributed by atoms with Crippen molar-refractivity contribution < 1.29 is 14.3 Å². The normalized spacial score (nSPS) is 10.6. The van der Waals surface area contributed by atoms with Crippen LogP contribution < -0.4 is 4.74 Å². The van der Waals surface area contributed by atoms with Crippen molar-refractivity contribution in [2.45, 2.75) is 6.92 Å². The number of fused-ring (bicyclic) bond motifs is 1. The van der Waals surface area contributed by atoms with Crippen LogP contribution in [-0.4, -0.2) is 27.9 Å². The quantitative estimate of drug-likeness (QED) is 0.813. The lowest BCUT2D eigenvalue weighted by Gasteiger charge is -2.08. The van der Waals surface area contributed by atoms with E-state index in [1.807, 2.05) is 0 Å². The number of carbonyl (C=O) groups is 1. The smallest absolute Gasteiger partial charge is 0.344 e. The molecule has 18 heavy (non-hydrogen) atoms. The van der Waals surface area contributed by atoms with E-state index in [0.29, 0.717) is 22.7 Å². The Kier molecular flexibility index (Phi) is 4.21. The lowest BCUT2D eigenvalue weighted by molar-refractivity contribution is -0.145. The summed E-state index contributed by atoms with van der Waals surface area (Å²) < 4.78 is 18.1. The molecule has 2 rings (SSSR count). The molecule has 8 heteroatoms. The predicted octanol–water partition coefficient (Wildman–Crippen LogP) is 2.94. The van der Waals surface area contributed by atoms with Crippen LogP contribution in [0.3, 0.4) is 0 Å². The third kappa shape index (κ3) is 2.66. The molecule has 1 aromatic heterocycles. The van der Waals surface area contributed by atoms with Crippen LogP contribution in [-0.2, 0) is 9.53 Å². The van der Waals surface area contributed by atoms with Crippen molar-refractivity contribution in [3.63, 3.8) is 0 Å². The van der Waals surface area contributed by atoms with Crippen molar-refractivity contribution in [1.29, 1.82) is 0 Å². The molecule has 0 aliphatic rings. The van der Waals surface area contributed by atoms with E-state index < -0.39 is 5.97 Å². The fraction of sp³-hybridized carbons (Fsp3) is 0.300. The van der Waals surface area contributed by atoms with E-state index in [-0.39, 0.29) is 17.4 Å². The number of esters is 1. The number of hydrogen-bond acceptors (Lipinski definition) is 6. The van der Waals surface area contributed by atoms with Crippen LogP contribution in [0.1, 0.15) is 6.92 Å². The van der Waals surface area contributed by atoms with Crippen molar-refractivity contribution >= 4 is 51.9 Å². The fourth-order valence-corrected chi connectivity index (χ4v) is 2.48. The van der Waals surface area contributed by atoms with Gasteiger partial charge in [0.2, 0.25) is 0 Å². The van der Waals surface area contributed by atoms with E-state index in [1.165, 1.54) is 6.07 Å². The topological polar surface area (TPSA) is 61.3 Å². The molecule has 0 saturated heterocycles. The zero-order valence-corrected chi connectivity index (χ0v) is 11.6. The minimum Gasteiger partial charge on any atom is -0.478 e. The molecule has 2 aromatic rings. The Labute approximate surface area is 117 Å². The third-order valence-electron chi connectivity index (χ3n) is 2.04. The SMILES string of the molecule is CCOC(=O)COc1c(Cl)cc(Cl)c2nsnc12. The largest absolute Gasteiger partial charge is 0.478 e. The fourth-order valence-electron chi connectivity index (χ4n) is 1.32. The van der Waals surface area contributed by atoms with Gasteiger partial charge < -0.3 is 9.47 Å².